The number of nitrogens with zero attached hydrogens (tertiary/aromatic N) is 4. The van der Waals surface area contributed by atoms with Crippen molar-refractivity contribution in [3.63, 3.8) is 0 Å². The molecule has 0 radical (unpaired) electrons. The van der Waals surface area contributed by atoms with Gasteiger partial charge in [0.05, 0.1) is 29.9 Å². The van der Waals surface area contributed by atoms with Gasteiger partial charge in [-0.15, -0.1) is 0 Å². The summed E-state index contributed by atoms with van der Waals surface area (Å²) in [6.07, 6.45) is -2.18. The maximum atomic E-state index is 12.0. The van der Waals surface area contributed by atoms with Gasteiger partial charge in [0.1, 0.15) is 23.5 Å². The van der Waals surface area contributed by atoms with Crippen LogP contribution in [-0.2, 0) is 24.8 Å². The molecule has 1 unspecified atom stereocenters. The lowest BCUT2D eigenvalue weighted by atomic mass is 10.1. The first kappa shape index (κ1) is 27.7. The third-order valence-corrected chi connectivity index (χ3v) is 10.5. The minimum absolute atomic E-state index is 0.107. The Hall–Kier alpha value is -1.89. The minimum Gasteiger partial charge on any atom is -0.387 e. The van der Waals surface area contributed by atoms with Gasteiger partial charge in [-0.25, -0.2) is 9.67 Å². The zero-order valence-corrected chi connectivity index (χ0v) is 22.7. The number of aliphatic hydroxyl groups excluding tert-OH is 2. The predicted octanol–water partition coefficient (Wildman–Crippen LogP) is 2.16. The van der Waals surface area contributed by atoms with Crippen molar-refractivity contribution in [2.75, 3.05) is 24.5 Å². The number of pyridine rings is 1. The van der Waals surface area contributed by atoms with E-state index in [2.05, 4.69) is 27.1 Å². The number of hydrogen-bond acceptors (Lipinski definition) is 9. The first-order valence-corrected chi connectivity index (χ1v) is 15.7. The molecule has 0 saturated carbocycles. The fourth-order valence-corrected chi connectivity index (χ4v) is 7.84. The van der Waals surface area contributed by atoms with Crippen LogP contribution in [0, 0.1) is 0 Å². The third-order valence-electron chi connectivity index (χ3n) is 6.84. The summed E-state index contributed by atoms with van der Waals surface area (Å²) in [6, 6.07) is 10.1. The molecule has 206 valence electrons. The Kier molecular flexibility index (Phi) is 7.47. The van der Waals surface area contributed by atoms with E-state index >= 15 is 0 Å². The number of aromatic nitrogens is 3. The van der Waals surface area contributed by atoms with Crippen LogP contribution in [0.2, 0.25) is 5.15 Å². The fraction of sp³-hybridized carbons (Fsp3) is 0.455. The normalized spacial score (nSPS) is 27.0. The van der Waals surface area contributed by atoms with E-state index in [9.17, 15) is 24.2 Å². The van der Waals surface area contributed by atoms with Crippen LogP contribution >= 0.6 is 26.8 Å². The topological polar surface area (TPSA) is 188 Å². The van der Waals surface area contributed by atoms with Crippen molar-refractivity contribution < 1.29 is 43.3 Å². The second-order valence-electron chi connectivity index (χ2n) is 9.44. The van der Waals surface area contributed by atoms with Gasteiger partial charge in [0.25, 0.3) is 0 Å². The van der Waals surface area contributed by atoms with Gasteiger partial charge >= 0.3 is 15.2 Å². The summed E-state index contributed by atoms with van der Waals surface area (Å²) < 4.78 is 34.8. The first-order chi connectivity index (χ1) is 17.8. The molecule has 16 heteroatoms. The quantitative estimate of drug-likeness (QED) is 0.191. The molecule has 2 aliphatic rings. The largest absolute Gasteiger partial charge is 0.387 e. The molecule has 0 amide bonds. The third kappa shape index (κ3) is 5.41. The van der Waals surface area contributed by atoms with Gasteiger partial charge in [0.2, 0.25) is 0 Å². The molecule has 5 N–H and O–H groups in total. The molecular formula is C22H27ClN4O9P2. The van der Waals surface area contributed by atoms with Crippen molar-refractivity contribution in [2.45, 2.75) is 43.4 Å². The van der Waals surface area contributed by atoms with E-state index in [4.69, 9.17) is 30.6 Å². The highest BCUT2D eigenvalue weighted by atomic mass is 35.5. The van der Waals surface area contributed by atoms with E-state index in [1.54, 1.807) is 12.3 Å². The van der Waals surface area contributed by atoms with Crippen molar-refractivity contribution in [3.05, 3.63) is 52.8 Å². The van der Waals surface area contributed by atoms with Crippen molar-refractivity contribution in [1.82, 2.24) is 14.8 Å². The number of hydrogen-bond donors (Lipinski definition) is 5. The Morgan fingerprint density at radius 3 is 2.68 bits per heavy atom. The molecule has 1 aromatic carbocycles. The van der Waals surface area contributed by atoms with E-state index < -0.39 is 52.2 Å². The maximum absolute atomic E-state index is 12.0. The summed E-state index contributed by atoms with van der Waals surface area (Å²) in [5.41, 5.74) is 3.57. The summed E-state index contributed by atoms with van der Waals surface area (Å²) in [7, 11) is -7.56. The maximum Gasteiger partial charge on any atom is 0.340 e. The number of fused-ring (bicyclic) bond motifs is 2. The zero-order chi connectivity index (χ0) is 27.4. The molecule has 5 rings (SSSR count). The average molecular weight is 589 g/mol. The van der Waals surface area contributed by atoms with Crippen molar-refractivity contribution in [3.8, 4) is 0 Å². The van der Waals surface area contributed by atoms with Crippen molar-refractivity contribution in [1.29, 1.82) is 0 Å². The van der Waals surface area contributed by atoms with Gasteiger partial charge in [-0.2, -0.15) is 5.10 Å². The molecule has 3 aromatic rings. The number of ether oxygens (including phenoxy) is 1. The van der Waals surface area contributed by atoms with Gasteiger partial charge in [-0.3, -0.25) is 9.13 Å². The molecule has 1 aliphatic carbocycles. The molecule has 38 heavy (non-hydrogen) atoms. The fourth-order valence-electron chi connectivity index (χ4n) is 5.09. The molecular weight excluding hydrogens is 562 g/mol. The van der Waals surface area contributed by atoms with Gasteiger partial charge in [-0.1, -0.05) is 35.9 Å². The van der Waals surface area contributed by atoms with E-state index in [1.165, 1.54) is 15.8 Å². The highest BCUT2D eigenvalue weighted by Gasteiger charge is 2.46. The van der Waals surface area contributed by atoms with Gasteiger partial charge in [-0.05, 0) is 30.0 Å². The number of rotatable bonds is 8. The number of benzene rings is 1. The number of anilines is 1. The van der Waals surface area contributed by atoms with Crippen LogP contribution in [0.5, 0.6) is 0 Å². The molecule has 1 fully saturated rings. The molecule has 1 aliphatic heterocycles. The van der Waals surface area contributed by atoms with Crippen molar-refractivity contribution in [2.24, 2.45) is 0 Å². The average Bonchev–Trinajstić information content (AvgIpc) is 3.52. The predicted molar refractivity (Wildman–Crippen MR) is 137 cm³/mol. The van der Waals surface area contributed by atoms with Crippen LogP contribution in [0.15, 0.2) is 36.5 Å². The van der Waals surface area contributed by atoms with Gasteiger partial charge in [0.15, 0.2) is 17.8 Å². The van der Waals surface area contributed by atoms with Crippen LogP contribution in [0.1, 0.15) is 29.8 Å². The minimum atomic E-state index is -4.83. The van der Waals surface area contributed by atoms with Gasteiger partial charge < -0.3 is 39.1 Å². The molecule has 0 bridgehead atoms. The lowest BCUT2D eigenvalue weighted by Crippen LogP contribution is -2.33. The molecule has 2 aromatic heterocycles. The molecule has 13 nitrogen and oxygen atoms in total. The number of aryl methyl sites for hydroxylation is 1. The summed E-state index contributed by atoms with van der Waals surface area (Å²) >= 11 is 6.38. The first-order valence-electron chi connectivity index (χ1n) is 11.7. The van der Waals surface area contributed by atoms with Crippen LogP contribution in [0.25, 0.3) is 11.0 Å². The highest BCUT2D eigenvalue weighted by Crippen LogP contribution is 2.55. The molecule has 3 heterocycles. The lowest BCUT2D eigenvalue weighted by molar-refractivity contribution is -0.0541. The van der Waals surface area contributed by atoms with E-state index in [0.717, 1.165) is 18.5 Å². The monoisotopic (exact) mass is 588 g/mol. The van der Waals surface area contributed by atoms with E-state index in [-0.39, 0.29) is 16.8 Å². The Bertz CT molecular complexity index is 1450. The molecule has 0 spiro atoms. The summed E-state index contributed by atoms with van der Waals surface area (Å²) in [5.74, 6) is -1.39. The second-order valence-corrected chi connectivity index (χ2v) is 13.8. The van der Waals surface area contributed by atoms with Crippen LogP contribution in [-0.4, -0.2) is 77.5 Å². The van der Waals surface area contributed by atoms with Gasteiger partial charge in [0, 0.05) is 7.05 Å². The number of halogens is 1. The Balaban J connectivity index is 1.40. The van der Waals surface area contributed by atoms with E-state index in [1.807, 2.05) is 19.2 Å². The Labute approximate surface area is 222 Å². The van der Waals surface area contributed by atoms with Crippen LogP contribution < -0.4 is 4.90 Å². The SMILES string of the molecule is CN(c1cc(Cl)nc2c1cnn2[C@@H]1O[C@H](COP(=O)(O)CP(=O)(O)O)[C@@H](O)[C@H]1O)[C@@H]1CCc2ccccc21. The Morgan fingerprint density at radius 2 is 1.95 bits per heavy atom. The standard InChI is InChI=1S/C22H27ClN4O9P2/c1-26(15-7-6-12-4-2-3-5-13(12)15)16-8-18(23)25-21-14(16)9-24-27(21)22-20(29)19(28)17(36-22)10-35-38(33,34)11-37(30,31)32/h2-5,8-9,15,17,19-20,22,28-29H,6-7,10-11H2,1H3,(H,33,34)(H2,30,31,32)/t15-,17-,19-,20-,22-/m1/s1. The lowest BCUT2D eigenvalue weighted by Gasteiger charge is -2.28. The van der Waals surface area contributed by atoms with E-state index in [0.29, 0.717) is 5.39 Å². The second kappa shape index (κ2) is 10.3. The summed E-state index contributed by atoms with van der Waals surface area (Å²) in [4.78, 5) is 34.1. The smallest absolute Gasteiger partial charge is 0.340 e. The summed E-state index contributed by atoms with van der Waals surface area (Å²) in [6.45, 7) is -0.703. The zero-order valence-electron chi connectivity index (χ0n) is 20.1. The van der Waals surface area contributed by atoms with Crippen molar-refractivity contribution >= 4 is 43.5 Å². The van der Waals surface area contributed by atoms with Crippen LogP contribution in [0.4, 0.5) is 5.69 Å². The molecule has 1 saturated heterocycles. The Morgan fingerprint density at radius 1 is 1.21 bits per heavy atom. The number of aliphatic hydroxyl groups is 2. The highest BCUT2D eigenvalue weighted by molar-refractivity contribution is 7.70. The molecule has 6 atom stereocenters. The van der Waals surface area contributed by atoms with Crippen LogP contribution in [0.3, 0.4) is 0 Å². The summed E-state index contributed by atoms with van der Waals surface area (Å²) in [5, 5.41) is 26.3.